The molecule has 0 radical (unpaired) electrons. The third-order valence-corrected chi connectivity index (χ3v) is 3.32. The lowest BCUT2D eigenvalue weighted by Gasteiger charge is -2.14. The number of hydrogen-bond donors (Lipinski definition) is 3. The molecule has 0 aliphatic rings. The number of anilines is 2. The Kier molecular flexibility index (Phi) is 7.78. The summed E-state index contributed by atoms with van der Waals surface area (Å²) in [5.74, 6) is 0.609. The van der Waals surface area contributed by atoms with Crippen molar-refractivity contribution in [3.63, 3.8) is 0 Å². The molecule has 0 bridgehead atoms. The SMILES string of the molecule is C=C(N)/C=C(\N=C(/C)C(F)F)Nc1cc(NCC)c(/C(C)=C\C)cn1. The van der Waals surface area contributed by atoms with Crippen LogP contribution in [0, 0.1) is 0 Å². The van der Waals surface area contributed by atoms with Gasteiger partial charge in [-0.25, -0.2) is 18.8 Å². The zero-order valence-electron chi connectivity index (χ0n) is 15.0. The minimum atomic E-state index is -2.65. The van der Waals surface area contributed by atoms with E-state index in [1.807, 2.05) is 26.8 Å². The number of nitrogens with two attached hydrogens (primary N) is 1. The third-order valence-electron chi connectivity index (χ3n) is 3.32. The molecule has 0 fully saturated rings. The van der Waals surface area contributed by atoms with Crippen molar-refractivity contribution in [1.29, 1.82) is 0 Å². The van der Waals surface area contributed by atoms with E-state index in [9.17, 15) is 8.78 Å². The Labute approximate surface area is 147 Å². The van der Waals surface area contributed by atoms with Crippen LogP contribution in [-0.2, 0) is 0 Å². The van der Waals surface area contributed by atoms with Gasteiger partial charge in [-0.2, -0.15) is 0 Å². The first-order valence-electron chi connectivity index (χ1n) is 7.92. The van der Waals surface area contributed by atoms with Gasteiger partial charge >= 0.3 is 0 Å². The number of pyridine rings is 1. The molecular formula is C18H25F2N5. The van der Waals surface area contributed by atoms with E-state index in [0.717, 1.165) is 23.4 Å². The van der Waals surface area contributed by atoms with Gasteiger partial charge in [0, 0.05) is 41.8 Å². The van der Waals surface area contributed by atoms with Crippen molar-refractivity contribution in [1.82, 2.24) is 4.98 Å². The van der Waals surface area contributed by atoms with E-state index in [4.69, 9.17) is 5.73 Å². The summed E-state index contributed by atoms with van der Waals surface area (Å²) in [5.41, 5.74) is 8.35. The van der Waals surface area contributed by atoms with Gasteiger partial charge in [-0.1, -0.05) is 12.7 Å². The average molecular weight is 349 g/mol. The van der Waals surface area contributed by atoms with E-state index in [1.54, 1.807) is 12.3 Å². The van der Waals surface area contributed by atoms with Crippen LogP contribution in [0.3, 0.4) is 0 Å². The Morgan fingerprint density at radius 3 is 2.64 bits per heavy atom. The summed E-state index contributed by atoms with van der Waals surface area (Å²) >= 11 is 0. The average Bonchev–Trinajstić information content (AvgIpc) is 2.54. The minimum Gasteiger partial charge on any atom is -0.399 e. The second-order valence-corrected chi connectivity index (χ2v) is 5.40. The van der Waals surface area contributed by atoms with E-state index >= 15 is 0 Å². The van der Waals surface area contributed by atoms with Crippen molar-refractivity contribution in [3.05, 3.63) is 48.1 Å². The Hall–Kier alpha value is -2.70. The van der Waals surface area contributed by atoms with Gasteiger partial charge in [0.15, 0.2) is 0 Å². The fourth-order valence-electron chi connectivity index (χ4n) is 1.97. The number of nitrogens with one attached hydrogen (secondary N) is 2. The molecule has 5 nitrogen and oxygen atoms in total. The summed E-state index contributed by atoms with van der Waals surface area (Å²) in [6, 6.07) is 1.80. The molecule has 0 amide bonds. The number of aliphatic imine (C=N–C) groups is 1. The highest BCUT2D eigenvalue weighted by molar-refractivity contribution is 5.86. The number of alkyl halides is 2. The van der Waals surface area contributed by atoms with Crippen LogP contribution in [0.5, 0.6) is 0 Å². The molecule has 0 aliphatic heterocycles. The lowest BCUT2D eigenvalue weighted by Crippen LogP contribution is -2.10. The van der Waals surface area contributed by atoms with Crippen molar-refractivity contribution in [2.75, 3.05) is 17.2 Å². The molecule has 1 rings (SSSR count). The summed E-state index contributed by atoms with van der Waals surface area (Å²) in [5, 5.41) is 6.17. The lowest BCUT2D eigenvalue weighted by atomic mass is 10.1. The monoisotopic (exact) mass is 349 g/mol. The highest BCUT2D eigenvalue weighted by atomic mass is 19.3. The highest BCUT2D eigenvalue weighted by Crippen LogP contribution is 2.26. The second-order valence-electron chi connectivity index (χ2n) is 5.40. The molecule has 0 saturated heterocycles. The third kappa shape index (κ3) is 6.37. The largest absolute Gasteiger partial charge is 0.399 e. The van der Waals surface area contributed by atoms with Gasteiger partial charge in [0.05, 0.1) is 5.71 Å². The molecule has 1 aromatic rings. The fourth-order valence-corrected chi connectivity index (χ4v) is 1.97. The summed E-state index contributed by atoms with van der Waals surface area (Å²) in [6.45, 7) is 11.5. The normalized spacial score (nSPS) is 13.2. The summed E-state index contributed by atoms with van der Waals surface area (Å²) in [7, 11) is 0. The predicted octanol–water partition coefficient (Wildman–Crippen LogP) is 4.39. The van der Waals surface area contributed by atoms with Crippen molar-refractivity contribution >= 4 is 22.8 Å². The molecule has 0 spiro atoms. The number of allylic oxidation sites excluding steroid dienone is 3. The molecule has 25 heavy (non-hydrogen) atoms. The van der Waals surface area contributed by atoms with Gasteiger partial charge in [-0.3, -0.25) is 0 Å². The molecule has 1 heterocycles. The molecule has 0 aliphatic carbocycles. The van der Waals surface area contributed by atoms with Crippen LogP contribution in [0.25, 0.3) is 5.57 Å². The Morgan fingerprint density at radius 2 is 2.12 bits per heavy atom. The molecular weight excluding hydrogens is 324 g/mol. The van der Waals surface area contributed by atoms with Gasteiger partial charge < -0.3 is 16.4 Å². The van der Waals surface area contributed by atoms with Gasteiger partial charge in [0.25, 0.3) is 6.43 Å². The van der Waals surface area contributed by atoms with Gasteiger partial charge in [-0.05, 0) is 33.3 Å². The van der Waals surface area contributed by atoms with E-state index in [2.05, 4.69) is 27.2 Å². The molecule has 0 atom stereocenters. The van der Waals surface area contributed by atoms with Crippen LogP contribution in [0.15, 0.2) is 47.5 Å². The van der Waals surface area contributed by atoms with Crippen LogP contribution in [0.1, 0.15) is 33.3 Å². The number of nitrogens with zero attached hydrogens (tertiary/aromatic N) is 2. The topological polar surface area (TPSA) is 75.3 Å². The number of aromatic nitrogens is 1. The lowest BCUT2D eigenvalue weighted by molar-refractivity contribution is 0.225. The Bertz CT molecular complexity index is 705. The smallest absolute Gasteiger partial charge is 0.276 e. The van der Waals surface area contributed by atoms with Crippen LogP contribution >= 0.6 is 0 Å². The van der Waals surface area contributed by atoms with Crippen molar-refractivity contribution < 1.29 is 8.78 Å². The summed E-state index contributed by atoms with van der Waals surface area (Å²) < 4.78 is 25.5. The first-order chi connectivity index (χ1) is 11.8. The van der Waals surface area contributed by atoms with Gasteiger partial charge in [0.1, 0.15) is 11.6 Å². The van der Waals surface area contributed by atoms with E-state index in [0.29, 0.717) is 5.82 Å². The number of halogens is 2. The van der Waals surface area contributed by atoms with Crippen LogP contribution in [-0.4, -0.2) is 23.7 Å². The standard InChI is InChI=1S/C18H25F2N5/c1-6-11(3)14-10-23-16(9-15(14)22-7-2)25-17(8-12(4)21)24-13(5)18(19)20/h6,8-10,18H,4,7,21H2,1-3,5H3,(H2,22,23,25)/b11-6-,17-8+,24-13+. The van der Waals surface area contributed by atoms with Crippen molar-refractivity contribution in [3.8, 4) is 0 Å². The zero-order chi connectivity index (χ0) is 19.0. The zero-order valence-corrected chi connectivity index (χ0v) is 15.0. The number of rotatable bonds is 8. The van der Waals surface area contributed by atoms with E-state index in [-0.39, 0.29) is 17.2 Å². The maximum Gasteiger partial charge on any atom is 0.276 e. The fraction of sp³-hybridized carbons (Fsp3) is 0.333. The molecule has 0 saturated carbocycles. The first kappa shape index (κ1) is 20.3. The maximum absolute atomic E-state index is 12.7. The molecule has 0 aromatic carbocycles. The maximum atomic E-state index is 12.7. The summed E-state index contributed by atoms with van der Waals surface area (Å²) in [6.07, 6.45) is 2.44. The van der Waals surface area contributed by atoms with Crippen LogP contribution in [0.2, 0.25) is 0 Å². The first-order valence-corrected chi connectivity index (χ1v) is 7.92. The molecule has 7 heteroatoms. The Balaban J connectivity index is 3.23. The van der Waals surface area contributed by atoms with Gasteiger partial charge in [0.2, 0.25) is 0 Å². The molecule has 1 aromatic heterocycles. The highest BCUT2D eigenvalue weighted by Gasteiger charge is 2.10. The molecule has 136 valence electrons. The van der Waals surface area contributed by atoms with Crippen LogP contribution < -0.4 is 16.4 Å². The van der Waals surface area contributed by atoms with E-state index < -0.39 is 6.43 Å². The number of hydrogen-bond acceptors (Lipinski definition) is 5. The Morgan fingerprint density at radius 1 is 1.44 bits per heavy atom. The van der Waals surface area contributed by atoms with Crippen molar-refractivity contribution in [2.45, 2.75) is 34.1 Å². The second kappa shape index (κ2) is 9.56. The quantitative estimate of drug-likeness (QED) is 0.481. The molecule has 4 N–H and O–H groups in total. The van der Waals surface area contributed by atoms with Gasteiger partial charge in [-0.15, -0.1) is 0 Å². The minimum absolute atomic E-state index is 0.149. The van der Waals surface area contributed by atoms with Crippen molar-refractivity contribution in [2.24, 2.45) is 10.7 Å². The molecule has 0 unspecified atom stereocenters. The predicted molar refractivity (Wildman–Crippen MR) is 102 cm³/mol. The van der Waals surface area contributed by atoms with Crippen LogP contribution in [0.4, 0.5) is 20.3 Å². The van der Waals surface area contributed by atoms with E-state index in [1.165, 1.54) is 13.0 Å². The summed E-state index contributed by atoms with van der Waals surface area (Å²) in [4.78, 5) is 8.19.